The maximum Gasteiger partial charge on any atom is 0.112 e. The summed E-state index contributed by atoms with van der Waals surface area (Å²) in [5, 5.41) is 2.24. The van der Waals surface area contributed by atoms with Gasteiger partial charge in [0.2, 0.25) is 0 Å². The van der Waals surface area contributed by atoms with E-state index in [0.29, 0.717) is 0 Å². The molecule has 0 unspecified atom stereocenters. The lowest BCUT2D eigenvalue weighted by Gasteiger charge is -1.89. The fourth-order valence-electron chi connectivity index (χ4n) is 0.524. The molecule has 0 aliphatic carbocycles. The van der Waals surface area contributed by atoms with Crippen LogP contribution in [-0.2, 0) is 11.8 Å². The summed E-state index contributed by atoms with van der Waals surface area (Å²) in [6, 6.07) is 0. The third-order valence-corrected chi connectivity index (χ3v) is 1.86. The van der Waals surface area contributed by atoms with Crippen molar-refractivity contribution in [1.82, 2.24) is 0 Å². The van der Waals surface area contributed by atoms with E-state index in [1.54, 1.807) is 0 Å². The Kier molecular flexibility index (Phi) is 1.63. The van der Waals surface area contributed by atoms with Crippen LogP contribution in [0.4, 0.5) is 0 Å². The lowest BCUT2D eigenvalue weighted by Crippen LogP contribution is -1.88. The van der Waals surface area contributed by atoms with Crippen molar-refractivity contribution in [1.29, 1.82) is 0 Å². The molecule has 0 aromatic heterocycles. The van der Waals surface area contributed by atoms with Gasteiger partial charge >= 0.3 is 0 Å². The van der Waals surface area contributed by atoms with E-state index in [1.165, 1.54) is 30.4 Å². The molecule has 0 atom stereocenters. The summed E-state index contributed by atoms with van der Waals surface area (Å²) in [5.41, 5.74) is 0. The van der Waals surface area contributed by atoms with Crippen LogP contribution in [0.2, 0.25) is 0 Å². The lowest BCUT2D eigenvalue weighted by atomic mass is 10.3. The molecule has 1 aliphatic rings. The van der Waals surface area contributed by atoms with Crippen LogP contribution in [0.3, 0.4) is 0 Å². The Balaban J connectivity index is 2.26. The number of allylic oxidation sites excluding steroid dienone is 1. The van der Waals surface area contributed by atoms with Crippen LogP contribution >= 0.6 is 0 Å². The number of thiol groups is 1. The highest BCUT2D eigenvalue weighted by atomic mass is 32.2. The van der Waals surface area contributed by atoms with E-state index < -0.39 is 0 Å². The number of rotatable bonds is 0. The van der Waals surface area contributed by atoms with E-state index in [9.17, 15) is 0 Å². The average molecular weight is 101 g/mol. The van der Waals surface area contributed by atoms with Crippen LogP contribution in [0.1, 0.15) is 12.8 Å². The summed E-state index contributed by atoms with van der Waals surface area (Å²) >= 11 is 1.52. The molecule has 0 bridgehead atoms. The van der Waals surface area contributed by atoms with E-state index >= 15 is 0 Å². The van der Waals surface area contributed by atoms with Crippen molar-refractivity contribution in [2.75, 3.05) is 5.75 Å². The fraction of sp³-hybridized carbons (Fsp3) is 0.600. The van der Waals surface area contributed by atoms with Gasteiger partial charge in [0, 0.05) is 11.8 Å². The highest BCUT2D eigenvalue weighted by molar-refractivity contribution is 7.81. The Morgan fingerprint density at radius 1 is 1.50 bits per heavy atom. The standard InChI is InChI=1S/C5H8S/c1-2-4-6-5-3-1/h2,4H,1,3,5H2/p+1. The van der Waals surface area contributed by atoms with Crippen LogP contribution in [-0.4, -0.2) is 5.75 Å². The molecule has 1 rings (SSSR count). The van der Waals surface area contributed by atoms with Gasteiger partial charge in [-0.1, -0.05) is 0 Å². The van der Waals surface area contributed by atoms with Crippen LogP contribution in [0.25, 0.3) is 0 Å². The molecule has 1 heterocycles. The monoisotopic (exact) mass is 101 g/mol. The summed E-state index contributed by atoms with van der Waals surface area (Å²) in [5.74, 6) is 1.39. The Bertz CT molecular complexity index is 49.0. The summed E-state index contributed by atoms with van der Waals surface area (Å²) < 4.78 is 0. The molecule has 1 heteroatoms. The first-order valence-corrected chi connectivity index (χ1v) is 3.46. The van der Waals surface area contributed by atoms with Gasteiger partial charge in [0.15, 0.2) is 0 Å². The molecular weight excluding hydrogens is 92.1 g/mol. The molecule has 0 fully saturated rings. The second kappa shape index (κ2) is 2.30. The Morgan fingerprint density at radius 3 is 2.67 bits per heavy atom. The molecule has 6 heavy (non-hydrogen) atoms. The normalized spacial score (nSPS) is 21.3. The summed E-state index contributed by atoms with van der Waals surface area (Å²) in [7, 11) is 0. The van der Waals surface area contributed by atoms with Gasteiger partial charge in [0.25, 0.3) is 0 Å². The largest absolute Gasteiger partial charge is 0.112 e. The smallest absolute Gasteiger partial charge is 0.0368 e. The van der Waals surface area contributed by atoms with E-state index in [4.69, 9.17) is 0 Å². The number of hydrogen-bond donors (Lipinski definition) is 0. The molecule has 1 aliphatic heterocycles. The SMILES string of the molecule is C1=C[SH+]CCC1. The van der Waals surface area contributed by atoms with E-state index in [1.807, 2.05) is 0 Å². The quantitative estimate of drug-likeness (QED) is 0.317. The minimum Gasteiger partial charge on any atom is -0.0368 e. The lowest BCUT2D eigenvalue weighted by molar-refractivity contribution is 0.965. The van der Waals surface area contributed by atoms with Crippen molar-refractivity contribution < 1.29 is 0 Å². The van der Waals surface area contributed by atoms with Gasteiger partial charge in [-0.15, -0.1) is 0 Å². The predicted molar refractivity (Wildman–Crippen MR) is 32.0 cm³/mol. The van der Waals surface area contributed by atoms with Crippen LogP contribution in [0.15, 0.2) is 11.5 Å². The average Bonchev–Trinajstić information content (AvgIpc) is 1.72. The first-order chi connectivity index (χ1) is 3.00. The first-order valence-electron chi connectivity index (χ1n) is 2.32. The minimum atomic E-state index is 1.31. The second-order valence-corrected chi connectivity index (χ2v) is 2.54. The zero-order chi connectivity index (χ0) is 4.24. The highest BCUT2D eigenvalue weighted by Crippen LogP contribution is 1.98. The molecule has 0 aromatic carbocycles. The van der Waals surface area contributed by atoms with E-state index in [0.717, 1.165) is 0 Å². The Morgan fingerprint density at radius 2 is 2.50 bits per heavy atom. The summed E-state index contributed by atoms with van der Waals surface area (Å²) in [6.07, 6.45) is 4.97. The molecule has 0 spiro atoms. The molecule has 0 radical (unpaired) electrons. The van der Waals surface area contributed by atoms with Crippen LogP contribution < -0.4 is 0 Å². The van der Waals surface area contributed by atoms with Gasteiger partial charge in [-0.25, -0.2) is 0 Å². The second-order valence-electron chi connectivity index (χ2n) is 1.43. The zero-order valence-corrected chi connectivity index (χ0v) is 4.62. The molecule has 0 saturated carbocycles. The van der Waals surface area contributed by atoms with E-state index in [-0.39, 0.29) is 0 Å². The van der Waals surface area contributed by atoms with Crippen molar-refractivity contribution in [2.45, 2.75) is 12.8 Å². The van der Waals surface area contributed by atoms with Gasteiger partial charge in [-0.05, 0) is 18.9 Å². The molecule has 0 saturated heterocycles. The van der Waals surface area contributed by atoms with Gasteiger partial charge in [-0.3, -0.25) is 0 Å². The molecule has 0 N–H and O–H groups in total. The van der Waals surface area contributed by atoms with Crippen LogP contribution in [0.5, 0.6) is 0 Å². The third kappa shape index (κ3) is 1.05. The van der Waals surface area contributed by atoms with Gasteiger partial charge < -0.3 is 0 Å². The van der Waals surface area contributed by atoms with Gasteiger partial charge in [-0.2, -0.15) is 0 Å². The third-order valence-electron chi connectivity index (χ3n) is 0.869. The summed E-state index contributed by atoms with van der Waals surface area (Å²) in [4.78, 5) is 0. The molecule has 34 valence electrons. The van der Waals surface area contributed by atoms with Crippen molar-refractivity contribution in [2.24, 2.45) is 0 Å². The maximum atomic E-state index is 2.26. The van der Waals surface area contributed by atoms with Crippen LogP contribution in [0, 0.1) is 0 Å². The Hall–Kier alpha value is 0.0900. The van der Waals surface area contributed by atoms with Crippen molar-refractivity contribution in [3.8, 4) is 0 Å². The van der Waals surface area contributed by atoms with Crippen molar-refractivity contribution in [3.63, 3.8) is 0 Å². The van der Waals surface area contributed by atoms with E-state index in [2.05, 4.69) is 11.5 Å². The number of hydrogen-bond acceptors (Lipinski definition) is 0. The molecule has 0 amide bonds. The van der Waals surface area contributed by atoms with Gasteiger partial charge in [0.1, 0.15) is 11.2 Å². The van der Waals surface area contributed by atoms with Crippen molar-refractivity contribution >= 4 is 11.8 Å². The maximum absolute atomic E-state index is 2.26. The molecule has 0 aromatic rings. The highest BCUT2D eigenvalue weighted by Gasteiger charge is 1.95. The molecular formula is C5H9S+. The molecule has 0 nitrogen and oxygen atoms in total. The minimum absolute atomic E-state index is 1.31. The van der Waals surface area contributed by atoms with Gasteiger partial charge in [0.05, 0.1) is 0 Å². The fourth-order valence-corrected chi connectivity index (χ4v) is 1.34. The van der Waals surface area contributed by atoms with Crippen molar-refractivity contribution in [3.05, 3.63) is 11.5 Å². The topological polar surface area (TPSA) is 0 Å². The first kappa shape index (κ1) is 4.25. The summed E-state index contributed by atoms with van der Waals surface area (Å²) in [6.45, 7) is 0. The predicted octanol–water partition coefficient (Wildman–Crippen LogP) is 1.11. The zero-order valence-electron chi connectivity index (χ0n) is 3.72. The Labute approximate surface area is 42.6 Å².